The largest absolute Gasteiger partial charge is 0.480 e. The van der Waals surface area contributed by atoms with Gasteiger partial charge in [0.05, 0.1) is 0 Å². The van der Waals surface area contributed by atoms with Crippen molar-refractivity contribution < 1.29 is 27.9 Å². The molecule has 0 saturated heterocycles. The lowest BCUT2D eigenvalue weighted by molar-refractivity contribution is -0.176. The summed E-state index contributed by atoms with van der Waals surface area (Å²) in [6.07, 6.45) is -1.44. The summed E-state index contributed by atoms with van der Waals surface area (Å²) in [5, 5.41) is 10.4. The van der Waals surface area contributed by atoms with Crippen LogP contribution in [0.25, 0.3) is 0 Å². The molecule has 17 heavy (non-hydrogen) atoms. The van der Waals surface area contributed by atoms with Crippen LogP contribution in [0.1, 0.15) is 32.1 Å². The summed E-state index contributed by atoms with van der Waals surface area (Å²) in [7, 11) is 0. The van der Waals surface area contributed by atoms with Gasteiger partial charge in [0.25, 0.3) is 0 Å². The number of carbonyl (C=O) groups excluding carboxylic acids is 1. The highest BCUT2D eigenvalue weighted by Crippen LogP contribution is 2.27. The minimum absolute atomic E-state index is 0.410. The third-order valence-electron chi connectivity index (χ3n) is 2.93. The number of hydrogen-bond acceptors (Lipinski definition) is 2. The molecule has 0 aromatic heterocycles. The van der Waals surface area contributed by atoms with E-state index in [1.807, 2.05) is 0 Å². The van der Waals surface area contributed by atoms with Gasteiger partial charge in [-0.2, -0.15) is 13.2 Å². The van der Waals surface area contributed by atoms with E-state index < -0.39 is 30.0 Å². The quantitative estimate of drug-likeness (QED) is 0.804. The van der Waals surface area contributed by atoms with Crippen molar-refractivity contribution in [3.05, 3.63) is 0 Å². The van der Waals surface area contributed by atoms with E-state index in [-0.39, 0.29) is 0 Å². The van der Waals surface area contributed by atoms with Crippen LogP contribution in [0.4, 0.5) is 13.2 Å². The number of halogens is 3. The van der Waals surface area contributed by atoms with E-state index >= 15 is 0 Å². The van der Waals surface area contributed by atoms with Gasteiger partial charge in [-0.15, -0.1) is 0 Å². The maximum absolute atomic E-state index is 12.0. The number of carbonyl (C=O) groups is 2. The normalized spacial score (nSPS) is 19.7. The molecule has 0 aromatic carbocycles. The first kappa shape index (κ1) is 13.8. The van der Waals surface area contributed by atoms with Crippen molar-refractivity contribution in [2.75, 3.05) is 0 Å². The fraction of sp³-hybridized carbons (Fsp3) is 0.800. The molecule has 1 fully saturated rings. The van der Waals surface area contributed by atoms with Crippen LogP contribution in [0, 0.1) is 5.92 Å². The van der Waals surface area contributed by atoms with Crippen LogP contribution in [0.15, 0.2) is 0 Å². The predicted molar refractivity (Wildman–Crippen MR) is 52.2 cm³/mol. The molecule has 1 aliphatic rings. The van der Waals surface area contributed by atoms with Gasteiger partial charge < -0.3 is 10.4 Å². The van der Waals surface area contributed by atoms with Crippen molar-refractivity contribution in [3.8, 4) is 0 Å². The Kier molecular flexibility index (Phi) is 4.36. The first-order chi connectivity index (χ1) is 7.82. The molecule has 0 spiro atoms. The summed E-state index contributed by atoms with van der Waals surface area (Å²) in [5.41, 5.74) is 0. The average molecular weight is 253 g/mol. The van der Waals surface area contributed by atoms with Gasteiger partial charge in [-0.05, 0) is 18.8 Å². The molecular formula is C10H14F3NO3. The SMILES string of the molecule is O=C(O)[C@@H](NC(=O)C(F)(F)F)C1CCCCC1. The second kappa shape index (κ2) is 5.37. The standard InChI is InChI=1S/C10H14F3NO3/c11-10(12,13)9(17)14-7(8(15)16)6-4-2-1-3-5-6/h6-7H,1-5H2,(H,14,17)(H,15,16)/t7-/m0/s1. The minimum Gasteiger partial charge on any atom is -0.480 e. The average Bonchev–Trinajstić information content (AvgIpc) is 2.25. The molecule has 0 radical (unpaired) electrons. The Labute approximate surface area is 96.2 Å². The van der Waals surface area contributed by atoms with Crippen LogP contribution in [-0.4, -0.2) is 29.2 Å². The van der Waals surface area contributed by atoms with Crippen molar-refractivity contribution in [1.29, 1.82) is 0 Å². The Bertz CT molecular complexity index is 298. The zero-order valence-electron chi connectivity index (χ0n) is 9.09. The van der Waals surface area contributed by atoms with Crippen LogP contribution in [0.2, 0.25) is 0 Å². The molecule has 4 nitrogen and oxygen atoms in total. The molecule has 0 bridgehead atoms. The number of aliphatic carboxylic acids is 1. The Hall–Kier alpha value is -1.27. The maximum Gasteiger partial charge on any atom is 0.471 e. The van der Waals surface area contributed by atoms with Gasteiger partial charge in [0.2, 0.25) is 0 Å². The number of carboxylic acids is 1. The van der Waals surface area contributed by atoms with E-state index in [0.29, 0.717) is 12.8 Å². The Balaban J connectivity index is 2.66. The zero-order chi connectivity index (χ0) is 13.1. The van der Waals surface area contributed by atoms with E-state index in [4.69, 9.17) is 5.11 Å². The van der Waals surface area contributed by atoms with Crippen molar-refractivity contribution in [3.63, 3.8) is 0 Å². The van der Waals surface area contributed by atoms with Gasteiger partial charge in [-0.25, -0.2) is 4.79 Å². The van der Waals surface area contributed by atoms with E-state index in [1.165, 1.54) is 0 Å². The molecule has 1 saturated carbocycles. The molecule has 1 amide bonds. The molecule has 0 unspecified atom stereocenters. The van der Waals surface area contributed by atoms with Gasteiger partial charge in [0.15, 0.2) is 0 Å². The van der Waals surface area contributed by atoms with Crippen molar-refractivity contribution in [2.45, 2.75) is 44.3 Å². The highest BCUT2D eigenvalue weighted by atomic mass is 19.4. The third kappa shape index (κ3) is 3.90. The van der Waals surface area contributed by atoms with Gasteiger partial charge >= 0.3 is 18.1 Å². The van der Waals surface area contributed by atoms with Crippen LogP contribution < -0.4 is 5.32 Å². The molecule has 1 aliphatic carbocycles. The Morgan fingerprint density at radius 1 is 1.18 bits per heavy atom. The number of rotatable bonds is 3. The highest BCUT2D eigenvalue weighted by molar-refractivity contribution is 5.87. The lowest BCUT2D eigenvalue weighted by atomic mass is 9.84. The number of amides is 1. The molecule has 0 aliphatic heterocycles. The Morgan fingerprint density at radius 3 is 2.12 bits per heavy atom. The van der Waals surface area contributed by atoms with Crippen molar-refractivity contribution in [1.82, 2.24) is 5.32 Å². The molecular weight excluding hydrogens is 239 g/mol. The van der Waals surface area contributed by atoms with Crippen LogP contribution in [0.5, 0.6) is 0 Å². The van der Waals surface area contributed by atoms with Crippen molar-refractivity contribution >= 4 is 11.9 Å². The monoisotopic (exact) mass is 253 g/mol. The second-order valence-corrected chi connectivity index (χ2v) is 4.19. The summed E-state index contributed by atoms with van der Waals surface area (Å²) < 4.78 is 36.1. The molecule has 1 atom stereocenters. The van der Waals surface area contributed by atoms with Gasteiger partial charge in [-0.3, -0.25) is 4.79 Å². The fourth-order valence-electron chi connectivity index (χ4n) is 2.07. The first-order valence-electron chi connectivity index (χ1n) is 5.43. The van der Waals surface area contributed by atoms with Crippen LogP contribution in [-0.2, 0) is 9.59 Å². The minimum atomic E-state index is -5.04. The summed E-state index contributed by atoms with van der Waals surface area (Å²) >= 11 is 0. The molecule has 2 N–H and O–H groups in total. The molecule has 0 aromatic rings. The maximum atomic E-state index is 12.0. The van der Waals surface area contributed by atoms with Gasteiger partial charge in [0.1, 0.15) is 6.04 Å². The van der Waals surface area contributed by atoms with Gasteiger partial charge in [0, 0.05) is 0 Å². The van der Waals surface area contributed by atoms with E-state index in [1.54, 1.807) is 5.32 Å². The molecule has 1 rings (SSSR count). The number of alkyl halides is 3. The zero-order valence-corrected chi connectivity index (χ0v) is 9.09. The van der Waals surface area contributed by atoms with E-state index in [0.717, 1.165) is 19.3 Å². The van der Waals surface area contributed by atoms with Gasteiger partial charge in [-0.1, -0.05) is 19.3 Å². The molecule has 0 heterocycles. The fourth-order valence-corrected chi connectivity index (χ4v) is 2.07. The lowest BCUT2D eigenvalue weighted by Gasteiger charge is -2.28. The number of nitrogens with one attached hydrogen (secondary N) is 1. The topological polar surface area (TPSA) is 66.4 Å². The molecule has 7 heteroatoms. The predicted octanol–water partition coefficient (Wildman–Crippen LogP) is 1.70. The number of hydrogen-bond donors (Lipinski definition) is 2. The molecule has 98 valence electrons. The van der Waals surface area contributed by atoms with Crippen LogP contribution >= 0.6 is 0 Å². The lowest BCUT2D eigenvalue weighted by Crippen LogP contribution is -2.50. The number of carboxylic acid groups (broad SMARTS) is 1. The third-order valence-corrected chi connectivity index (χ3v) is 2.93. The van der Waals surface area contributed by atoms with E-state index in [2.05, 4.69) is 0 Å². The summed E-state index contributed by atoms with van der Waals surface area (Å²) in [4.78, 5) is 21.6. The summed E-state index contributed by atoms with van der Waals surface area (Å²) in [6, 6.07) is -1.44. The van der Waals surface area contributed by atoms with E-state index in [9.17, 15) is 22.8 Å². The van der Waals surface area contributed by atoms with Crippen molar-refractivity contribution in [2.24, 2.45) is 5.92 Å². The Morgan fingerprint density at radius 2 is 1.71 bits per heavy atom. The summed E-state index contributed by atoms with van der Waals surface area (Å²) in [6.45, 7) is 0. The smallest absolute Gasteiger partial charge is 0.471 e. The first-order valence-corrected chi connectivity index (χ1v) is 5.43. The second-order valence-electron chi connectivity index (χ2n) is 4.19. The highest BCUT2D eigenvalue weighted by Gasteiger charge is 2.42. The van der Waals surface area contributed by atoms with Crippen LogP contribution in [0.3, 0.4) is 0 Å². The summed E-state index contributed by atoms with van der Waals surface area (Å²) in [5.74, 6) is -4.00.